The molecule has 96 valence electrons. The quantitative estimate of drug-likeness (QED) is 0.821. The molecule has 0 saturated carbocycles. The maximum atomic E-state index is 13.7. The summed E-state index contributed by atoms with van der Waals surface area (Å²) in [5.41, 5.74) is 1.82. The molecular weight excluding hydrogens is 248 g/mol. The second-order valence-electron chi connectivity index (χ2n) is 4.11. The van der Waals surface area contributed by atoms with E-state index in [2.05, 4.69) is 0 Å². The lowest BCUT2D eigenvalue weighted by atomic mass is 9.99. The summed E-state index contributed by atoms with van der Waals surface area (Å²) in [5.74, 6) is -0.825. The Bertz CT molecular complexity index is 675. The van der Waals surface area contributed by atoms with E-state index in [9.17, 15) is 8.78 Å². The Balaban J connectivity index is 2.64. The van der Waals surface area contributed by atoms with Gasteiger partial charge in [0.05, 0.1) is 12.7 Å². The van der Waals surface area contributed by atoms with Crippen LogP contribution < -0.4 is 4.74 Å². The maximum absolute atomic E-state index is 13.7. The van der Waals surface area contributed by atoms with E-state index >= 15 is 0 Å². The van der Waals surface area contributed by atoms with E-state index in [-0.39, 0.29) is 5.56 Å². The molecule has 0 saturated heterocycles. The predicted octanol–water partition coefficient (Wildman–Crippen LogP) is 3.82. The molecule has 0 aliphatic heterocycles. The van der Waals surface area contributed by atoms with Crippen molar-refractivity contribution in [2.75, 3.05) is 7.11 Å². The number of nitrogens with zero attached hydrogens (tertiary/aromatic N) is 1. The highest BCUT2D eigenvalue weighted by Gasteiger charge is 2.12. The molecule has 19 heavy (non-hydrogen) atoms. The topological polar surface area (TPSA) is 33.0 Å². The summed E-state index contributed by atoms with van der Waals surface area (Å²) in [6.07, 6.45) is 0. The second kappa shape index (κ2) is 5.07. The van der Waals surface area contributed by atoms with Crippen molar-refractivity contribution in [3.63, 3.8) is 0 Å². The minimum atomic E-state index is -0.659. The van der Waals surface area contributed by atoms with Gasteiger partial charge in [0.25, 0.3) is 0 Å². The first-order valence-electron chi connectivity index (χ1n) is 5.61. The molecule has 0 N–H and O–H groups in total. The maximum Gasteiger partial charge on any atom is 0.139 e. The third-order valence-corrected chi connectivity index (χ3v) is 2.84. The van der Waals surface area contributed by atoms with Gasteiger partial charge in [-0.1, -0.05) is 0 Å². The van der Waals surface area contributed by atoms with Crippen LogP contribution in [-0.2, 0) is 0 Å². The molecule has 0 aliphatic carbocycles. The zero-order chi connectivity index (χ0) is 14.0. The molecule has 0 radical (unpaired) electrons. The number of rotatable bonds is 2. The van der Waals surface area contributed by atoms with Gasteiger partial charge < -0.3 is 4.74 Å². The van der Waals surface area contributed by atoms with E-state index < -0.39 is 11.6 Å². The van der Waals surface area contributed by atoms with Crippen LogP contribution in [0.25, 0.3) is 11.1 Å². The number of hydrogen-bond donors (Lipinski definition) is 0. The van der Waals surface area contributed by atoms with Gasteiger partial charge in [-0.3, -0.25) is 0 Å². The van der Waals surface area contributed by atoms with Crippen LogP contribution in [0.1, 0.15) is 11.1 Å². The molecule has 2 aromatic rings. The van der Waals surface area contributed by atoms with Crippen molar-refractivity contribution in [2.24, 2.45) is 0 Å². The molecule has 0 heterocycles. The molecule has 0 fully saturated rings. The van der Waals surface area contributed by atoms with Gasteiger partial charge in [0.2, 0.25) is 0 Å². The van der Waals surface area contributed by atoms with Crippen molar-refractivity contribution >= 4 is 0 Å². The summed E-state index contributed by atoms with van der Waals surface area (Å²) in [5, 5.41) is 9.08. The van der Waals surface area contributed by atoms with E-state index in [0.29, 0.717) is 16.9 Å². The van der Waals surface area contributed by atoms with Crippen molar-refractivity contribution in [1.29, 1.82) is 5.26 Å². The number of hydrogen-bond acceptors (Lipinski definition) is 2. The van der Waals surface area contributed by atoms with E-state index in [4.69, 9.17) is 10.00 Å². The third kappa shape index (κ3) is 2.41. The smallest absolute Gasteiger partial charge is 0.139 e. The molecule has 0 amide bonds. The van der Waals surface area contributed by atoms with Crippen molar-refractivity contribution in [2.45, 2.75) is 6.92 Å². The van der Waals surface area contributed by atoms with E-state index in [0.717, 1.165) is 11.6 Å². The minimum absolute atomic E-state index is 0.253. The molecule has 0 bridgehead atoms. The highest BCUT2D eigenvalue weighted by molar-refractivity contribution is 5.69. The van der Waals surface area contributed by atoms with Crippen LogP contribution in [0.4, 0.5) is 8.78 Å². The SMILES string of the molecule is COc1c(C)cc(-c2ccc(F)cc2F)cc1C#N. The summed E-state index contributed by atoms with van der Waals surface area (Å²) in [6, 6.07) is 8.60. The fraction of sp³-hybridized carbons (Fsp3) is 0.133. The van der Waals surface area contributed by atoms with Gasteiger partial charge in [-0.2, -0.15) is 5.26 Å². The highest BCUT2D eigenvalue weighted by Crippen LogP contribution is 2.31. The van der Waals surface area contributed by atoms with Crippen molar-refractivity contribution in [3.05, 3.63) is 53.1 Å². The largest absolute Gasteiger partial charge is 0.495 e. The predicted molar refractivity (Wildman–Crippen MR) is 67.8 cm³/mol. The fourth-order valence-corrected chi connectivity index (χ4v) is 2.01. The zero-order valence-corrected chi connectivity index (χ0v) is 10.5. The molecular formula is C15H11F2NO. The molecule has 2 nitrogen and oxygen atoms in total. The lowest BCUT2D eigenvalue weighted by Crippen LogP contribution is -1.94. The monoisotopic (exact) mass is 259 g/mol. The van der Waals surface area contributed by atoms with Crippen LogP contribution in [0.5, 0.6) is 5.75 Å². The molecule has 2 rings (SSSR count). The summed E-state index contributed by atoms with van der Waals surface area (Å²) in [7, 11) is 1.47. The summed E-state index contributed by atoms with van der Waals surface area (Å²) in [6.45, 7) is 1.77. The Labute approximate surface area is 109 Å². The Morgan fingerprint density at radius 3 is 2.47 bits per heavy atom. The molecule has 4 heteroatoms. The molecule has 0 aromatic heterocycles. The number of nitriles is 1. The van der Waals surface area contributed by atoms with E-state index in [1.54, 1.807) is 13.0 Å². The summed E-state index contributed by atoms with van der Waals surface area (Å²) >= 11 is 0. The van der Waals surface area contributed by atoms with Crippen molar-refractivity contribution in [3.8, 4) is 22.9 Å². The number of halogens is 2. The van der Waals surface area contributed by atoms with Crippen LogP contribution in [0.2, 0.25) is 0 Å². The van der Waals surface area contributed by atoms with Crippen molar-refractivity contribution < 1.29 is 13.5 Å². The van der Waals surface area contributed by atoms with E-state index in [1.165, 1.54) is 25.3 Å². The number of methoxy groups -OCH3 is 1. The van der Waals surface area contributed by atoms with Crippen LogP contribution in [0, 0.1) is 29.9 Å². The van der Waals surface area contributed by atoms with Gasteiger partial charge in [0.1, 0.15) is 23.5 Å². The van der Waals surface area contributed by atoms with E-state index in [1.807, 2.05) is 6.07 Å². The zero-order valence-electron chi connectivity index (χ0n) is 10.5. The number of ether oxygens (including phenoxy) is 1. The van der Waals surface area contributed by atoms with Crippen LogP contribution in [0.15, 0.2) is 30.3 Å². The number of benzene rings is 2. The van der Waals surface area contributed by atoms with Crippen LogP contribution in [-0.4, -0.2) is 7.11 Å². The summed E-state index contributed by atoms with van der Waals surface area (Å²) < 4.78 is 31.8. The molecule has 0 spiro atoms. The highest BCUT2D eigenvalue weighted by atomic mass is 19.1. The van der Waals surface area contributed by atoms with Gasteiger partial charge >= 0.3 is 0 Å². The Morgan fingerprint density at radius 1 is 1.16 bits per heavy atom. The molecule has 0 unspecified atom stereocenters. The standard InChI is InChI=1S/C15H11F2NO/c1-9-5-10(6-11(8-18)15(9)19-2)13-4-3-12(16)7-14(13)17/h3-7H,1-2H3. The van der Waals surface area contributed by atoms with Gasteiger partial charge in [0, 0.05) is 11.6 Å². The first kappa shape index (κ1) is 13.0. The second-order valence-corrected chi connectivity index (χ2v) is 4.11. The Kier molecular flexibility index (Phi) is 3.48. The van der Waals surface area contributed by atoms with Gasteiger partial charge in [-0.15, -0.1) is 0 Å². The normalized spacial score (nSPS) is 10.1. The average molecular weight is 259 g/mol. The van der Waals surface area contributed by atoms with Crippen LogP contribution >= 0.6 is 0 Å². The van der Waals surface area contributed by atoms with Gasteiger partial charge in [0.15, 0.2) is 0 Å². The van der Waals surface area contributed by atoms with Gasteiger partial charge in [-0.25, -0.2) is 8.78 Å². The van der Waals surface area contributed by atoms with Gasteiger partial charge in [-0.05, 0) is 42.3 Å². The number of aryl methyl sites for hydroxylation is 1. The third-order valence-electron chi connectivity index (χ3n) is 2.84. The lowest BCUT2D eigenvalue weighted by Gasteiger charge is -2.10. The first-order valence-corrected chi connectivity index (χ1v) is 5.61. The van der Waals surface area contributed by atoms with Crippen LogP contribution in [0.3, 0.4) is 0 Å². The average Bonchev–Trinajstić information content (AvgIpc) is 2.37. The molecule has 0 atom stereocenters. The molecule has 0 aliphatic rings. The minimum Gasteiger partial charge on any atom is -0.495 e. The fourth-order valence-electron chi connectivity index (χ4n) is 2.01. The first-order chi connectivity index (χ1) is 9.06. The lowest BCUT2D eigenvalue weighted by molar-refractivity contribution is 0.410. The van der Waals surface area contributed by atoms with Crippen molar-refractivity contribution in [1.82, 2.24) is 0 Å². The Morgan fingerprint density at radius 2 is 1.89 bits per heavy atom. The summed E-state index contributed by atoms with van der Waals surface area (Å²) in [4.78, 5) is 0. The Hall–Kier alpha value is -2.41. The molecule has 2 aromatic carbocycles.